The molecule has 0 fully saturated rings. The van der Waals surface area contributed by atoms with Crippen molar-refractivity contribution < 1.29 is 13.2 Å². The van der Waals surface area contributed by atoms with Crippen LogP contribution in [0.25, 0.3) is 0 Å². The second-order valence-electron chi connectivity index (χ2n) is 7.66. The fourth-order valence-corrected chi connectivity index (χ4v) is 5.28. The van der Waals surface area contributed by atoms with Gasteiger partial charge in [0.15, 0.2) is 0 Å². The van der Waals surface area contributed by atoms with E-state index in [2.05, 4.69) is 10.3 Å². The second kappa shape index (κ2) is 9.03. The standard InChI is InChI=1S/C23H26N4O3S/c1-18-24-12-15-26(18)13-5-11-25-23(28)20-8-4-9-22(16-20)31(29,30)27-14-10-19-6-2-3-7-21(19)17-27/h2-4,6-9,12,15-16H,5,10-11,13-14,17H2,1H3,(H,25,28). The van der Waals surface area contributed by atoms with Crippen molar-refractivity contribution >= 4 is 15.9 Å². The largest absolute Gasteiger partial charge is 0.352 e. The number of hydrogen-bond acceptors (Lipinski definition) is 4. The number of hydrogen-bond donors (Lipinski definition) is 1. The van der Waals surface area contributed by atoms with E-state index in [1.807, 2.05) is 42.0 Å². The number of imidazole rings is 1. The van der Waals surface area contributed by atoms with E-state index < -0.39 is 10.0 Å². The number of benzene rings is 2. The molecule has 1 aliphatic rings. The summed E-state index contributed by atoms with van der Waals surface area (Å²) in [5.74, 6) is 0.660. The minimum atomic E-state index is -3.68. The first-order valence-corrected chi connectivity index (χ1v) is 11.8. The summed E-state index contributed by atoms with van der Waals surface area (Å²) in [5.41, 5.74) is 2.56. The van der Waals surface area contributed by atoms with Gasteiger partial charge in [-0.3, -0.25) is 4.79 Å². The maximum Gasteiger partial charge on any atom is 0.251 e. The van der Waals surface area contributed by atoms with Crippen LogP contribution in [0.3, 0.4) is 0 Å². The van der Waals surface area contributed by atoms with Crippen LogP contribution in [0.5, 0.6) is 0 Å². The molecule has 1 aromatic heterocycles. The molecule has 4 rings (SSSR count). The van der Waals surface area contributed by atoms with Gasteiger partial charge in [-0.05, 0) is 49.1 Å². The Hall–Kier alpha value is -2.97. The summed E-state index contributed by atoms with van der Waals surface area (Å²) in [5, 5.41) is 2.87. The number of amides is 1. The van der Waals surface area contributed by atoms with Crippen molar-refractivity contribution in [3.8, 4) is 0 Å². The molecule has 3 aromatic rings. The summed E-state index contributed by atoms with van der Waals surface area (Å²) in [4.78, 5) is 16.9. The first-order chi connectivity index (χ1) is 14.9. The highest BCUT2D eigenvalue weighted by molar-refractivity contribution is 7.89. The van der Waals surface area contributed by atoms with Crippen molar-refractivity contribution in [2.75, 3.05) is 13.1 Å². The van der Waals surface area contributed by atoms with Crippen LogP contribution in [-0.2, 0) is 29.5 Å². The second-order valence-corrected chi connectivity index (χ2v) is 9.60. The van der Waals surface area contributed by atoms with Crippen molar-refractivity contribution in [1.29, 1.82) is 0 Å². The van der Waals surface area contributed by atoms with Gasteiger partial charge in [0.25, 0.3) is 5.91 Å². The molecule has 0 atom stereocenters. The summed E-state index contributed by atoms with van der Waals surface area (Å²) in [7, 11) is -3.68. The molecule has 2 heterocycles. The molecule has 0 saturated carbocycles. The topological polar surface area (TPSA) is 84.3 Å². The molecule has 1 N–H and O–H groups in total. The maximum atomic E-state index is 13.2. The zero-order chi connectivity index (χ0) is 21.8. The molecule has 1 amide bonds. The number of rotatable bonds is 7. The van der Waals surface area contributed by atoms with Crippen LogP contribution in [-0.4, -0.2) is 41.3 Å². The van der Waals surface area contributed by atoms with E-state index in [4.69, 9.17) is 0 Å². The summed E-state index contributed by atoms with van der Waals surface area (Å²) in [6.45, 7) is 3.98. The highest BCUT2D eigenvalue weighted by Crippen LogP contribution is 2.25. The van der Waals surface area contributed by atoms with Gasteiger partial charge < -0.3 is 9.88 Å². The van der Waals surface area contributed by atoms with E-state index in [0.29, 0.717) is 31.6 Å². The fourth-order valence-electron chi connectivity index (χ4n) is 3.82. The Kier molecular flexibility index (Phi) is 6.20. The highest BCUT2D eigenvalue weighted by Gasteiger charge is 2.28. The number of aromatic nitrogens is 2. The number of carbonyl (C=O) groups is 1. The molecule has 8 heteroatoms. The molecular formula is C23H26N4O3S. The van der Waals surface area contributed by atoms with Crippen LogP contribution < -0.4 is 5.32 Å². The average molecular weight is 439 g/mol. The fraction of sp³-hybridized carbons (Fsp3) is 0.304. The zero-order valence-electron chi connectivity index (χ0n) is 17.5. The summed E-state index contributed by atoms with van der Waals surface area (Å²) >= 11 is 0. The van der Waals surface area contributed by atoms with E-state index in [1.54, 1.807) is 24.4 Å². The van der Waals surface area contributed by atoms with Gasteiger partial charge >= 0.3 is 0 Å². The normalized spacial score (nSPS) is 14.2. The van der Waals surface area contributed by atoms with Gasteiger partial charge in [-0.25, -0.2) is 13.4 Å². The van der Waals surface area contributed by atoms with Gasteiger partial charge in [-0.2, -0.15) is 4.31 Å². The third-order valence-electron chi connectivity index (χ3n) is 5.61. The third kappa shape index (κ3) is 4.70. The molecule has 31 heavy (non-hydrogen) atoms. The Balaban J connectivity index is 1.40. The van der Waals surface area contributed by atoms with Crippen LogP contribution >= 0.6 is 0 Å². The summed E-state index contributed by atoms with van der Waals surface area (Å²) < 4.78 is 29.9. The lowest BCUT2D eigenvalue weighted by Gasteiger charge is -2.28. The van der Waals surface area contributed by atoms with E-state index >= 15 is 0 Å². The molecule has 0 radical (unpaired) electrons. The summed E-state index contributed by atoms with van der Waals surface area (Å²) in [6.07, 6.45) is 5.10. The summed E-state index contributed by atoms with van der Waals surface area (Å²) in [6, 6.07) is 14.2. The monoisotopic (exact) mass is 438 g/mol. The molecule has 0 aliphatic carbocycles. The predicted molar refractivity (Wildman–Crippen MR) is 118 cm³/mol. The van der Waals surface area contributed by atoms with E-state index in [9.17, 15) is 13.2 Å². The third-order valence-corrected chi connectivity index (χ3v) is 7.46. The Morgan fingerprint density at radius 2 is 1.94 bits per heavy atom. The smallest absolute Gasteiger partial charge is 0.251 e. The van der Waals surface area contributed by atoms with Gasteiger partial charge in [0.2, 0.25) is 10.0 Å². The number of carbonyl (C=O) groups excluding carboxylic acids is 1. The lowest BCUT2D eigenvalue weighted by molar-refractivity contribution is 0.0952. The number of nitrogens with one attached hydrogen (secondary N) is 1. The van der Waals surface area contributed by atoms with Crippen molar-refractivity contribution in [2.45, 2.75) is 37.8 Å². The van der Waals surface area contributed by atoms with Crippen molar-refractivity contribution in [1.82, 2.24) is 19.2 Å². The van der Waals surface area contributed by atoms with Gasteiger partial charge in [-0.15, -0.1) is 0 Å². The predicted octanol–water partition coefficient (Wildman–Crippen LogP) is 2.76. The van der Waals surface area contributed by atoms with Crippen LogP contribution in [0.1, 0.15) is 33.7 Å². The van der Waals surface area contributed by atoms with E-state index in [0.717, 1.165) is 24.4 Å². The van der Waals surface area contributed by atoms with Crippen molar-refractivity contribution in [3.05, 3.63) is 83.4 Å². The lowest BCUT2D eigenvalue weighted by Crippen LogP contribution is -2.36. The molecule has 2 aromatic carbocycles. The van der Waals surface area contributed by atoms with Crippen LogP contribution in [0.4, 0.5) is 0 Å². The number of aryl methyl sites for hydroxylation is 2. The molecule has 162 valence electrons. The van der Waals surface area contributed by atoms with Gasteiger partial charge in [0.1, 0.15) is 5.82 Å². The Morgan fingerprint density at radius 3 is 2.71 bits per heavy atom. The molecule has 0 bridgehead atoms. The van der Waals surface area contributed by atoms with Crippen molar-refractivity contribution in [3.63, 3.8) is 0 Å². The SMILES string of the molecule is Cc1nccn1CCCNC(=O)c1cccc(S(=O)(=O)N2CCc3ccccc3C2)c1. The number of sulfonamides is 1. The van der Waals surface area contributed by atoms with E-state index in [1.165, 1.54) is 15.9 Å². The average Bonchev–Trinajstić information content (AvgIpc) is 3.21. The van der Waals surface area contributed by atoms with Gasteiger partial charge in [0.05, 0.1) is 4.90 Å². The number of nitrogens with zero attached hydrogens (tertiary/aromatic N) is 3. The maximum absolute atomic E-state index is 13.2. The molecule has 0 unspecified atom stereocenters. The van der Waals surface area contributed by atoms with Gasteiger partial charge in [0, 0.05) is 44.1 Å². The molecule has 0 saturated heterocycles. The molecule has 1 aliphatic heterocycles. The zero-order valence-corrected chi connectivity index (χ0v) is 18.3. The Morgan fingerprint density at radius 1 is 1.13 bits per heavy atom. The van der Waals surface area contributed by atoms with E-state index in [-0.39, 0.29) is 10.8 Å². The molecule has 7 nitrogen and oxygen atoms in total. The van der Waals surface area contributed by atoms with Gasteiger partial charge in [-0.1, -0.05) is 30.3 Å². The Bertz CT molecular complexity index is 1190. The quantitative estimate of drug-likeness (QED) is 0.575. The first kappa shape index (κ1) is 21.3. The van der Waals surface area contributed by atoms with Crippen LogP contribution in [0, 0.1) is 6.92 Å². The first-order valence-electron chi connectivity index (χ1n) is 10.4. The minimum absolute atomic E-state index is 0.147. The van der Waals surface area contributed by atoms with Crippen LogP contribution in [0.15, 0.2) is 65.8 Å². The molecule has 0 spiro atoms. The minimum Gasteiger partial charge on any atom is -0.352 e. The van der Waals surface area contributed by atoms with Crippen LogP contribution in [0.2, 0.25) is 0 Å². The number of fused-ring (bicyclic) bond motifs is 1. The lowest BCUT2D eigenvalue weighted by atomic mass is 10.0. The Labute approximate surface area is 182 Å². The molecular weight excluding hydrogens is 412 g/mol. The highest BCUT2D eigenvalue weighted by atomic mass is 32.2. The van der Waals surface area contributed by atoms with Crippen molar-refractivity contribution in [2.24, 2.45) is 0 Å².